The summed E-state index contributed by atoms with van der Waals surface area (Å²) in [6.07, 6.45) is 7.41. The second kappa shape index (κ2) is 33.9. The molecule has 0 spiro atoms. The Morgan fingerprint density at radius 1 is 0.110 bits per heavy atom. The zero-order valence-electron chi connectivity index (χ0n) is 72.7. The Bertz CT molecular complexity index is 8630. The summed E-state index contributed by atoms with van der Waals surface area (Å²) in [5.74, 6) is 5.28. The lowest BCUT2D eigenvalue weighted by Crippen LogP contribution is -2.06. The van der Waals surface area contributed by atoms with Gasteiger partial charge in [0.05, 0.1) is 22.1 Å². The van der Waals surface area contributed by atoms with Crippen LogP contribution in [0, 0.1) is 0 Å². The number of benzene rings is 18. The minimum atomic E-state index is 0.317. The molecule has 0 radical (unpaired) electrons. The zero-order valence-corrected chi connectivity index (χ0v) is 72.7. The van der Waals surface area contributed by atoms with Crippen LogP contribution in [0.1, 0.15) is 0 Å². The number of nitrogens with zero attached hydrogens (tertiary/aromatic N) is 16. The van der Waals surface area contributed by atoms with Gasteiger partial charge in [0.2, 0.25) is 23.3 Å². The molecule has 18 aromatic carbocycles. The predicted molar refractivity (Wildman–Crippen MR) is 549 cm³/mol. The zero-order chi connectivity index (χ0) is 89.9. The van der Waals surface area contributed by atoms with E-state index in [9.17, 15) is 0 Å². The van der Waals surface area contributed by atoms with Gasteiger partial charge < -0.3 is 0 Å². The number of rotatable bonds is 14. The monoisotopic (exact) mass is 1740 g/mol. The molecule has 0 saturated carbocycles. The normalized spacial score (nSPS) is 11.5. The highest BCUT2D eigenvalue weighted by atomic mass is 15.1. The third-order valence-corrected chi connectivity index (χ3v) is 25.1. The fourth-order valence-corrected chi connectivity index (χ4v) is 18.8. The third-order valence-electron chi connectivity index (χ3n) is 25.1. The van der Waals surface area contributed by atoms with Crippen molar-refractivity contribution in [1.82, 2.24) is 79.7 Å². The topological polar surface area (TPSA) is 206 Å². The van der Waals surface area contributed by atoms with E-state index in [-0.39, 0.29) is 0 Å². The molecule has 0 amide bonds. The van der Waals surface area contributed by atoms with Gasteiger partial charge in [0, 0.05) is 90.8 Å². The van der Waals surface area contributed by atoms with E-state index in [0.29, 0.717) is 69.9 Å². The van der Waals surface area contributed by atoms with Crippen LogP contribution in [0.5, 0.6) is 0 Å². The first-order valence-electron chi connectivity index (χ1n) is 45.0. The molecule has 0 aliphatic heterocycles. The largest absolute Gasteiger partial charge is 0.256 e. The molecule has 136 heavy (non-hydrogen) atoms. The molecule has 0 aliphatic rings. The average molecular weight is 1740 g/mol. The van der Waals surface area contributed by atoms with Gasteiger partial charge in [0.15, 0.2) is 46.6 Å². The Hall–Kier alpha value is -18.8. The van der Waals surface area contributed by atoms with Crippen LogP contribution in [-0.4, -0.2) is 79.7 Å². The Morgan fingerprint density at radius 2 is 0.309 bits per heavy atom. The summed E-state index contributed by atoms with van der Waals surface area (Å²) in [4.78, 5) is 81.7. The average Bonchev–Trinajstić information content (AvgIpc) is 0.740. The van der Waals surface area contributed by atoms with Gasteiger partial charge in [-0.05, 0) is 206 Å². The molecule has 26 aromatic rings. The minimum Gasteiger partial charge on any atom is -0.256 e. The number of hydrogen-bond acceptors (Lipinski definition) is 16. The lowest BCUT2D eigenvalue weighted by atomic mass is 9.88. The van der Waals surface area contributed by atoms with Crippen LogP contribution in [0.25, 0.3) is 267 Å². The predicted octanol–water partition coefficient (Wildman–Crippen LogP) is 28.6. The summed E-state index contributed by atoms with van der Waals surface area (Å²) in [5, 5.41) is 17.4. The lowest BCUT2D eigenvalue weighted by molar-refractivity contribution is 1.00. The maximum atomic E-state index is 5.39. The maximum Gasteiger partial charge on any atom is 0.202 e. The molecule has 26 rings (SSSR count). The number of fused-ring (bicyclic) bond motifs is 10. The van der Waals surface area contributed by atoms with Crippen molar-refractivity contribution in [2.45, 2.75) is 0 Å². The molecular formula is C120H72N16. The van der Waals surface area contributed by atoms with Crippen LogP contribution in [-0.2, 0) is 0 Å². The molecule has 0 aliphatic carbocycles. The molecule has 632 valence electrons. The van der Waals surface area contributed by atoms with Gasteiger partial charge in [0.25, 0.3) is 0 Å². The summed E-state index contributed by atoms with van der Waals surface area (Å²) < 4.78 is 0. The highest BCUT2D eigenvalue weighted by Gasteiger charge is 2.27. The van der Waals surface area contributed by atoms with Crippen molar-refractivity contribution < 1.29 is 0 Å². The Kier molecular flexibility index (Phi) is 19.8. The summed E-state index contributed by atoms with van der Waals surface area (Å²) in [6, 6.07) is 142. The first kappa shape index (κ1) is 79.4. The molecule has 8 heterocycles. The van der Waals surface area contributed by atoms with E-state index in [1.807, 2.05) is 195 Å². The molecule has 16 heteroatoms. The van der Waals surface area contributed by atoms with Gasteiger partial charge in [-0.3, -0.25) is 19.9 Å². The first-order chi connectivity index (χ1) is 67.3. The van der Waals surface area contributed by atoms with E-state index < -0.39 is 0 Å². The molecule has 0 atom stereocenters. The van der Waals surface area contributed by atoms with Crippen molar-refractivity contribution in [3.8, 4) is 159 Å². The van der Waals surface area contributed by atoms with Crippen LogP contribution in [0.15, 0.2) is 437 Å². The summed E-state index contributed by atoms with van der Waals surface area (Å²) in [6.45, 7) is 0. The van der Waals surface area contributed by atoms with Gasteiger partial charge in [-0.1, -0.05) is 315 Å². The highest BCUT2D eigenvalue weighted by Crippen LogP contribution is 2.47. The Labute approximate surface area is 779 Å². The van der Waals surface area contributed by atoms with Crippen molar-refractivity contribution in [2.24, 2.45) is 0 Å². The van der Waals surface area contributed by atoms with Crippen LogP contribution in [0.2, 0.25) is 0 Å². The van der Waals surface area contributed by atoms with Gasteiger partial charge >= 0.3 is 0 Å². The van der Waals surface area contributed by atoms with Crippen molar-refractivity contribution in [3.63, 3.8) is 0 Å². The smallest absolute Gasteiger partial charge is 0.202 e. The van der Waals surface area contributed by atoms with Crippen LogP contribution in [0.4, 0.5) is 0 Å². The summed E-state index contributed by atoms with van der Waals surface area (Å²) in [5.41, 5.74) is 18.5. The molecular weight excluding hydrogens is 1670 g/mol. The Balaban J connectivity index is 0.000000146. The molecule has 0 fully saturated rings. The van der Waals surface area contributed by atoms with Gasteiger partial charge in [-0.2, -0.15) is 0 Å². The van der Waals surface area contributed by atoms with Crippen molar-refractivity contribution >= 4 is 108 Å². The fraction of sp³-hybridized carbons (Fsp3) is 0. The van der Waals surface area contributed by atoms with Gasteiger partial charge in [-0.25, -0.2) is 59.8 Å². The molecule has 0 saturated heterocycles. The van der Waals surface area contributed by atoms with Crippen LogP contribution >= 0.6 is 0 Å². The van der Waals surface area contributed by atoms with Crippen molar-refractivity contribution in [1.29, 1.82) is 0 Å². The molecule has 8 aromatic heterocycles. The second-order valence-corrected chi connectivity index (χ2v) is 33.6. The Morgan fingerprint density at radius 3 is 0.574 bits per heavy atom. The van der Waals surface area contributed by atoms with Crippen molar-refractivity contribution in [3.05, 3.63) is 437 Å². The minimum absolute atomic E-state index is 0.317. The van der Waals surface area contributed by atoms with Gasteiger partial charge in [-0.15, -0.1) is 0 Å². The third kappa shape index (κ3) is 14.9. The number of pyridine rings is 4. The van der Waals surface area contributed by atoms with Gasteiger partial charge in [0.1, 0.15) is 0 Å². The highest BCUT2D eigenvalue weighted by molar-refractivity contribution is 6.18. The number of hydrogen-bond donors (Lipinski definition) is 0. The van der Waals surface area contributed by atoms with E-state index in [4.69, 9.17) is 79.7 Å². The first-order valence-corrected chi connectivity index (χ1v) is 45.0. The molecule has 0 bridgehead atoms. The summed E-state index contributed by atoms with van der Waals surface area (Å²) in [7, 11) is 0. The quantitative estimate of drug-likeness (QED) is 0.0928. The molecule has 16 nitrogen and oxygen atoms in total. The van der Waals surface area contributed by atoms with Crippen LogP contribution < -0.4 is 0 Å². The van der Waals surface area contributed by atoms with E-state index in [2.05, 4.69) is 243 Å². The molecule has 0 unspecified atom stereocenters. The maximum absolute atomic E-state index is 5.39. The van der Waals surface area contributed by atoms with Crippen LogP contribution in [0.3, 0.4) is 0 Å². The molecule has 0 N–H and O–H groups in total. The second-order valence-electron chi connectivity index (χ2n) is 33.6. The van der Waals surface area contributed by atoms with E-state index in [1.54, 1.807) is 0 Å². The number of aromatic nitrogens is 16. The van der Waals surface area contributed by atoms with E-state index in [0.717, 1.165) is 197 Å². The lowest BCUT2D eigenvalue weighted by Gasteiger charge is -2.17. The standard InChI is InChI=1S/C64H38N8.C56H34N8/c1-2-16-41(17-3-1)59-67-62(72-63(69-59)64-70-60(46-28-26-39-14-4-6-18-42(39)32-46)68-61(71-64)47-29-27-40-15-5-7-19-43(40)33-47)50-35-48(57-51-22-10-8-20-44(51)37-55-53(57)24-12-30-65-55)34-49(36-50)58-52-23-11-9-21-45(52)38-56-54(58)25-13-31-66-56;1-4-16-35(17-5-1)51-59-52(36-18-6-2-7-19-36)62-55(61-51)56-63-53(37-20-8-3-9-21-37)60-54(64-56)42-31-40(49-43-24-12-10-22-38(43)33-47-45(49)26-14-28-57-47)30-41(32-42)50-44-25-13-11-23-39(44)34-48-46(50)27-15-29-58-48/h1-38H;1-34H. The van der Waals surface area contributed by atoms with E-state index >= 15 is 0 Å². The van der Waals surface area contributed by atoms with E-state index in [1.165, 1.54) is 0 Å². The fourth-order valence-electron chi connectivity index (χ4n) is 18.8. The SMILES string of the molecule is c1ccc(-c2nc(-c3cc(-c4c5ccccc5cc5ncccc45)cc(-c4c5ccccc5cc5ncccc45)c3)nc(-c3nc(-c4ccc5ccccc5c4)nc(-c4ccc5ccccc5c4)n3)n2)cc1.c1ccc(-c2nc(-c3ccccc3)nc(-c3nc(-c4ccccc4)nc(-c4cc(-c5c6ccccc6cc6ncccc56)cc(-c5c6ccccc6cc6ncccc56)c4)n3)n2)cc1. The summed E-state index contributed by atoms with van der Waals surface area (Å²) >= 11 is 0. The van der Waals surface area contributed by atoms with Crippen molar-refractivity contribution in [2.75, 3.05) is 0 Å².